The van der Waals surface area contributed by atoms with Crippen LogP contribution in [0.15, 0.2) is 24.4 Å². The fraction of sp³-hybridized carbons (Fsp3) is 0.357. The van der Waals surface area contributed by atoms with Gasteiger partial charge in [-0.1, -0.05) is 6.07 Å². The van der Waals surface area contributed by atoms with Gasteiger partial charge in [-0.15, -0.1) is 0 Å². The third-order valence-electron chi connectivity index (χ3n) is 2.85. The second kappa shape index (κ2) is 5.58. The lowest BCUT2D eigenvalue weighted by atomic mass is 10.1. The number of nitrogens with zero attached hydrogens (tertiary/aromatic N) is 1. The summed E-state index contributed by atoms with van der Waals surface area (Å²) in [4.78, 5) is 7.53. The van der Waals surface area contributed by atoms with Crippen LogP contribution in [-0.4, -0.2) is 24.2 Å². The van der Waals surface area contributed by atoms with Gasteiger partial charge in [-0.05, 0) is 31.0 Å². The maximum absolute atomic E-state index is 5.28. The monoisotopic (exact) mass is 246 g/mol. The Kier molecular flexibility index (Phi) is 3.87. The average Bonchev–Trinajstić information content (AvgIpc) is 2.81. The standard InChI is InChI=1S/C14H18N2O2/c1-10-9-15-14(16-10)7-5-11-4-6-12(17-2)13(8-11)18-3/h4,6,8-9H,5,7H2,1-3H3,(H,15,16). The SMILES string of the molecule is COc1ccc(CCc2ncc(C)[nH]2)cc1OC. The van der Waals surface area contributed by atoms with Gasteiger partial charge in [-0.3, -0.25) is 0 Å². The maximum Gasteiger partial charge on any atom is 0.160 e. The van der Waals surface area contributed by atoms with Crippen molar-refractivity contribution in [3.63, 3.8) is 0 Å². The molecule has 0 aliphatic carbocycles. The first-order chi connectivity index (χ1) is 8.72. The van der Waals surface area contributed by atoms with Gasteiger partial charge in [0.05, 0.1) is 14.2 Å². The Labute approximate surface area is 107 Å². The van der Waals surface area contributed by atoms with Gasteiger partial charge in [-0.25, -0.2) is 4.98 Å². The van der Waals surface area contributed by atoms with Crippen molar-refractivity contribution in [2.75, 3.05) is 14.2 Å². The van der Waals surface area contributed by atoms with Crippen molar-refractivity contribution >= 4 is 0 Å². The third-order valence-corrected chi connectivity index (χ3v) is 2.85. The lowest BCUT2D eigenvalue weighted by Crippen LogP contribution is -1.96. The van der Waals surface area contributed by atoms with Gasteiger partial charge < -0.3 is 14.5 Å². The van der Waals surface area contributed by atoms with Crippen molar-refractivity contribution < 1.29 is 9.47 Å². The van der Waals surface area contributed by atoms with E-state index in [9.17, 15) is 0 Å². The van der Waals surface area contributed by atoms with E-state index < -0.39 is 0 Å². The summed E-state index contributed by atoms with van der Waals surface area (Å²) in [5, 5.41) is 0. The number of H-pyrrole nitrogens is 1. The zero-order valence-electron chi connectivity index (χ0n) is 11.0. The highest BCUT2D eigenvalue weighted by Crippen LogP contribution is 2.27. The highest BCUT2D eigenvalue weighted by atomic mass is 16.5. The Balaban J connectivity index is 2.05. The van der Waals surface area contributed by atoms with Crippen molar-refractivity contribution in [2.45, 2.75) is 19.8 Å². The zero-order chi connectivity index (χ0) is 13.0. The van der Waals surface area contributed by atoms with Crippen molar-refractivity contribution in [2.24, 2.45) is 0 Å². The predicted octanol–water partition coefficient (Wildman–Crippen LogP) is 2.52. The number of ether oxygens (including phenoxy) is 2. The van der Waals surface area contributed by atoms with E-state index in [4.69, 9.17) is 9.47 Å². The first-order valence-electron chi connectivity index (χ1n) is 5.94. The number of aromatic amines is 1. The molecule has 96 valence electrons. The van der Waals surface area contributed by atoms with Gasteiger partial charge in [0.2, 0.25) is 0 Å². The van der Waals surface area contributed by atoms with Crippen LogP contribution < -0.4 is 9.47 Å². The van der Waals surface area contributed by atoms with E-state index in [1.807, 2.05) is 25.3 Å². The number of methoxy groups -OCH3 is 2. The lowest BCUT2D eigenvalue weighted by molar-refractivity contribution is 0.354. The highest BCUT2D eigenvalue weighted by Gasteiger charge is 2.05. The first kappa shape index (κ1) is 12.5. The molecule has 0 aliphatic rings. The summed E-state index contributed by atoms with van der Waals surface area (Å²) >= 11 is 0. The number of hydrogen-bond acceptors (Lipinski definition) is 3. The minimum Gasteiger partial charge on any atom is -0.493 e. The number of aryl methyl sites for hydroxylation is 3. The van der Waals surface area contributed by atoms with Crippen molar-refractivity contribution in [1.82, 2.24) is 9.97 Å². The summed E-state index contributed by atoms with van der Waals surface area (Å²) in [7, 11) is 3.29. The number of aromatic nitrogens is 2. The minimum absolute atomic E-state index is 0.759. The molecule has 1 aromatic carbocycles. The van der Waals surface area contributed by atoms with Gasteiger partial charge >= 0.3 is 0 Å². The maximum atomic E-state index is 5.28. The van der Waals surface area contributed by atoms with Gasteiger partial charge in [-0.2, -0.15) is 0 Å². The molecule has 0 atom stereocenters. The Morgan fingerprint density at radius 1 is 1.11 bits per heavy atom. The smallest absolute Gasteiger partial charge is 0.160 e. The second-order valence-corrected chi connectivity index (χ2v) is 4.20. The first-order valence-corrected chi connectivity index (χ1v) is 5.94. The molecule has 2 rings (SSSR count). The molecule has 0 saturated heterocycles. The van der Waals surface area contributed by atoms with Crippen molar-refractivity contribution in [1.29, 1.82) is 0 Å². The van der Waals surface area contributed by atoms with E-state index in [2.05, 4.69) is 16.0 Å². The normalized spacial score (nSPS) is 10.4. The molecule has 1 aromatic heterocycles. The van der Waals surface area contributed by atoms with Crippen LogP contribution in [0.2, 0.25) is 0 Å². The molecule has 0 unspecified atom stereocenters. The molecule has 0 aliphatic heterocycles. The molecule has 0 bridgehead atoms. The van der Waals surface area contributed by atoms with Crippen LogP contribution in [0, 0.1) is 6.92 Å². The molecule has 0 radical (unpaired) electrons. The molecule has 4 heteroatoms. The fourth-order valence-corrected chi connectivity index (χ4v) is 1.89. The third kappa shape index (κ3) is 2.83. The number of imidazole rings is 1. The molecule has 0 fully saturated rings. The van der Waals surface area contributed by atoms with E-state index >= 15 is 0 Å². The van der Waals surface area contributed by atoms with Crippen LogP contribution >= 0.6 is 0 Å². The van der Waals surface area contributed by atoms with Gasteiger partial charge in [0.1, 0.15) is 5.82 Å². The van der Waals surface area contributed by atoms with E-state index in [1.54, 1.807) is 14.2 Å². The van der Waals surface area contributed by atoms with E-state index in [-0.39, 0.29) is 0 Å². The molecule has 0 saturated carbocycles. The zero-order valence-corrected chi connectivity index (χ0v) is 11.0. The van der Waals surface area contributed by atoms with Gasteiger partial charge in [0, 0.05) is 18.3 Å². The summed E-state index contributed by atoms with van der Waals surface area (Å²) in [6.07, 6.45) is 3.67. The highest BCUT2D eigenvalue weighted by molar-refractivity contribution is 5.43. The number of nitrogens with one attached hydrogen (secondary N) is 1. The quantitative estimate of drug-likeness (QED) is 0.881. The number of rotatable bonds is 5. The van der Waals surface area contributed by atoms with E-state index in [0.717, 1.165) is 35.9 Å². The van der Waals surface area contributed by atoms with Gasteiger partial charge in [0.25, 0.3) is 0 Å². The molecular weight excluding hydrogens is 228 g/mol. The van der Waals surface area contributed by atoms with Crippen LogP contribution in [-0.2, 0) is 12.8 Å². The second-order valence-electron chi connectivity index (χ2n) is 4.20. The van der Waals surface area contributed by atoms with Gasteiger partial charge in [0.15, 0.2) is 11.5 Å². The summed E-state index contributed by atoms with van der Waals surface area (Å²) in [5.74, 6) is 2.54. The lowest BCUT2D eigenvalue weighted by Gasteiger charge is -2.09. The van der Waals surface area contributed by atoms with E-state index in [1.165, 1.54) is 5.56 Å². The molecule has 0 spiro atoms. The summed E-state index contributed by atoms with van der Waals surface area (Å²) in [6, 6.07) is 5.99. The summed E-state index contributed by atoms with van der Waals surface area (Å²) in [6.45, 7) is 2.01. The van der Waals surface area contributed by atoms with Crippen LogP contribution in [0.25, 0.3) is 0 Å². The molecular formula is C14H18N2O2. The Morgan fingerprint density at radius 3 is 2.50 bits per heavy atom. The minimum atomic E-state index is 0.759. The predicted molar refractivity (Wildman–Crippen MR) is 70.3 cm³/mol. The Bertz CT molecular complexity index is 520. The van der Waals surface area contributed by atoms with E-state index in [0.29, 0.717) is 0 Å². The summed E-state index contributed by atoms with van der Waals surface area (Å²) < 4.78 is 10.5. The Morgan fingerprint density at radius 2 is 1.89 bits per heavy atom. The van der Waals surface area contributed by atoms with Crippen molar-refractivity contribution in [3.8, 4) is 11.5 Å². The molecule has 1 heterocycles. The summed E-state index contributed by atoms with van der Waals surface area (Å²) in [5.41, 5.74) is 2.30. The van der Waals surface area contributed by atoms with Crippen LogP contribution in [0.3, 0.4) is 0 Å². The topological polar surface area (TPSA) is 47.1 Å². The van der Waals surface area contributed by atoms with Crippen LogP contribution in [0.5, 0.6) is 11.5 Å². The Hall–Kier alpha value is -1.97. The molecule has 4 nitrogen and oxygen atoms in total. The fourth-order valence-electron chi connectivity index (χ4n) is 1.89. The molecule has 1 N–H and O–H groups in total. The molecule has 18 heavy (non-hydrogen) atoms. The molecule has 0 amide bonds. The van der Waals surface area contributed by atoms with Crippen LogP contribution in [0.1, 0.15) is 17.1 Å². The molecule has 2 aromatic rings. The largest absolute Gasteiger partial charge is 0.493 e. The van der Waals surface area contributed by atoms with Crippen LogP contribution in [0.4, 0.5) is 0 Å². The average molecular weight is 246 g/mol. The number of hydrogen-bond donors (Lipinski definition) is 1. The number of benzene rings is 1. The van der Waals surface area contributed by atoms with Crippen molar-refractivity contribution in [3.05, 3.63) is 41.5 Å².